The Hall–Kier alpha value is -2.52. The highest BCUT2D eigenvalue weighted by molar-refractivity contribution is 8.27. The lowest BCUT2D eigenvalue weighted by Crippen LogP contribution is -2.27. The first-order chi connectivity index (χ1) is 14.3. The Balaban J connectivity index is 1.68. The van der Waals surface area contributed by atoms with Crippen LogP contribution in [0.25, 0.3) is 10.9 Å². The van der Waals surface area contributed by atoms with Gasteiger partial charge in [0, 0.05) is 28.7 Å². The van der Waals surface area contributed by atoms with E-state index in [0.29, 0.717) is 22.4 Å². The third kappa shape index (κ3) is 3.56. The fourth-order valence-corrected chi connectivity index (χ4v) is 4.74. The number of fused-ring (bicyclic) bond motifs is 1. The number of anilines is 1. The summed E-state index contributed by atoms with van der Waals surface area (Å²) in [5.74, 6) is -0.498. The van der Waals surface area contributed by atoms with Crippen LogP contribution in [0.2, 0.25) is 10.0 Å². The zero-order valence-electron chi connectivity index (χ0n) is 15.2. The summed E-state index contributed by atoms with van der Waals surface area (Å²) in [5.41, 5.74) is 1.48. The second-order valence-electron chi connectivity index (χ2n) is 6.25. The van der Waals surface area contributed by atoms with Crippen molar-refractivity contribution in [2.45, 2.75) is 0 Å². The summed E-state index contributed by atoms with van der Waals surface area (Å²) in [5, 5.41) is 10.4. The molecule has 2 N–H and O–H groups in total. The summed E-state index contributed by atoms with van der Waals surface area (Å²) in [6.45, 7) is 0. The number of phenolic OH excluding ortho intramolecular Hbond substituents is 1. The topological polar surface area (TPSA) is 82.6 Å². The number of aromatic hydroxyl groups is 1. The molecule has 2 heterocycles. The summed E-state index contributed by atoms with van der Waals surface area (Å²) in [7, 11) is 1.54. The van der Waals surface area contributed by atoms with Crippen molar-refractivity contribution in [2.75, 3.05) is 12.0 Å². The van der Waals surface area contributed by atoms with Crippen LogP contribution in [0.5, 0.6) is 11.5 Å². The summed E-state index contributed by atoms with van der Waals surface area (Å²) >= 11 is 18.2. The molecule has 0 spiro atoms. The average Bonchev–Trinajstić information content (AvgIpc) is 3.25. The van der Waals surface area contributed by atoms with Crippen LogP contribution < -0.4 is 9.64 Å². The van der Waals surface area contributed by atoms with E-state index in [2.05, 4.69) is 4.98 Å². The molecule has 3 aromatic rings. The molecular formula is C20H12Cl2N2O4S2. The van der Waals surface area contributed by atoms with Gasteiger partial charge in [-0.2, -0.15) is 0 Å². The van der Waals surface area contributed by atoms with Crippen LogP contribution in [-0.2, 0) is 4.79 Å². The molecular weight excluding hydrogens is 467 g/mol. The molecule has 0 unspecified atom stereocenters. The number of phenols is 1. The van der Waals surface area contributed by atoms with Gasteiger partial charge in [0.05, 0.1) is 27.7 Å². The Kier molecular flexibility index (Phi) is 5.50. The minimum absolute atomic E-state index is 0.0145. The summed E-state index contributed by atoms with van der Waals surface area (Å²) in [4.78, 5) is 30.2. The molecule has 10 heteroatoms. The molecule has 2 aromatic carbocycles. The van der Waals surface area contributed by atoms with E-state index in [-0.39, 0.29) is 30.8 Å². The zero-order chi connectivity index (χ0) is 21.6. The minimum atomic E-state index is -0.478. The van der Waals surface area contributed by atoms with Crippen molar-refractivity contribution < 1.29 is 19.4 Å². The number of carbonyl (C=O) groups is 2. The van der Waals surface area contributed by atoms with Crippen molar-refractivity contribution in [2.24, 2.45) is 0 Å². The molecule has 0 saturated carbocycles. The monoisotopic (exact) mass is 478 g/mol. The van der Waals surface area contributed by atoms with E-state index < -0.39 is 5.91 Å². The van der Waals surface area contributed by atoms with Gasteiger partial charge < -0.3 is 14.8 Å². The fraction of sp³-hybridized carbons (Fsp3) is 0.0500. The lowest BCUT2D eigenvalue weighted by Gasteiger charge is -2.15. The second kappa shape index (κ2) is 7.96. The predicted molar refractivity (Wildman–Crippen MR) is 123 cm³/mol. The number of benzene rings is 2. The van der Waals surface area contributed by atoms with Gasteiger partial charge in [-0.05, 0) is 30.3 Å². The number of thiocarbonyl (C=S) groups is 1. The molecule has 0 bridgehead atoms. The maximum atomic E-state index is 12.9. The number of nitrogens with one attached hydrogen (secondary N) is 1. The Labute approximate surface area is 190 Å². The molecule has 30 heavy (non-hydrogen) atoms. The standard InChI is InChI=1S/C20H12Cl2N2O4S2/c1-28-10-2-3-15-11(6-10)12(8-23-15)16(25)7-17-19(27)24(20(29)30-17)9-4-13(21)18(26)14(22)5-9/h2-8,23,26H,1H3/b17-7-. The molecule has 1 saturated heterocycles. The summed E-state index contributed by atoms with van der Waals surface area (Å²) in [6, 6.07) is 8.10. The van der Waals surface area contributed by atoms with Crippen LogP contribution in [0.1, 0.15) is 10.4 Å². The lowest BCUT2D eigenvalue weighted by molar-refractivity contribution is -0.113. The van der Waals surface area contributed by atoms with Gasteiger partial charge in [0.1, 0.15) is 5.75 Å². The highest BCUT2D eigenvalue weighted by Crippen LogP contribution is 2.41. The highest BCUT2D eigenvalue weighted by Gasteiger charge is 2.34. The molecule has 0 atom stereocenters. The molecule has 1 amide bonds. The van der Waals surface area contributed by atoms with E-state index in [9.17, 15) is 14.7 Å². The van der Waals surface area contributed by atoms with Crippen molar-refractivity contribution in [3.63, 3.8) is 0 Å². The van der Waals surface area contributed by atoms with Gasteiger partial charge >= 0.3 is 0 Å². The van der Waals surface area contributed by atoms with E-state index in [1.807, 2.05) is 6.07 Å². The molecule has 1 aliphatic heterocycles. The van der Waals surface area contributed by atoms with Crippen LogP contribution in [0, 0.1) is 0 Å². The third-order valence-corrected chi connectivity index (χ3v) is 6.35. The van der Waals surface area contributed by atoms with Gasteiger partial charge in [0.2, 0.25) is 0 Å². The maximum absolute atomic E-state index is 12.9. The summed E-state index contributed by atoms with van der Waals surface area (Å²) < 4.78 is 5.44. The smallest absolute Gasteiger partial charge is 0.270 e. The van der Waals surface area contributed by atoms with Crippen molar-refractivity contribution in [3.8, 4) is 11.5 Å². The zero-order valence-corrected chi connectivity index (χ0v) is 18.4. The van der Waals surface area contributed by atoms with Crippen LogP contribution in [0.15, 0.2) is 47.5 Å². The Morgan fingerprint density at radius 2 is 1.97 bits per heavy atom. The van der Waals surface area contributed by atoms with Gasteiger partial charge in [0.15, 0.2) is 15.9 Å². The largest absolute Gasteiger partial charge is 0.505 e. The van der Waals surface area contributed by atoms with Crippen LogP contribution in [0.3, 0.4) is 0 Å². The Bertz CT molecular complexity index is 1250. The number of carbonyl (C=O) groups excluding carboxylic acids is 2. The molecule has 0 radical (unpaired) electrons. The number of ether oxygens (including phenoxy) is 1. The number of halogens is 2. The van der Waals surface area contributed by atoms with Crippen LogP contribution >= 0.6 is 47.2 Å². The van der Waals surface area contributed by atoms with Crippen molar-refractivity contribution in [1.82, 2.24) is 4.98 Å². The van der Waals surface area contributed by atoms with Crippen LogP contribution in [-0.4, -0.2) is 33.2 Å². The molecule has 4 rings (SSSR count). The second-order valence-corrected chi connectivity index (χ2v) is 8.74. The maximum Gasteiger partial charge on any atom is 0.270 e. The third-order valence-electron chi connectivity index (χ3n) is 4.47. The fourth-order valence-electron chi connectivity index (χ4n) is 3.00. The van der Waals surface area contributed by atoms with E-state index in [1.54, 1.807) is 25.4 Å². The number of ketones is 1. The predicted octanol–water partition coefficient (Wildman–Crippen LogP) is 5.32. The number of aromatic nitrogens is 1. The lowest BCUT2D eigenvalue weighted by atomic mass is 10.1. The molecule has 0 aliphatic carbocycles. The molecule has 152 valence electrons. The first-order valence-electron chi connectivity index (χ1n) is 8.45. The first kappa shape index (κ1) is 20.7. The van der Waals surface area contributed by atoms with Gasteiger partial charge in [-0.15, -0.1) is 0 Å². The molecule has 1 fully saturated rings. The number of rotatable bonds is 4. The van der Waals surface area contributed by atoms with Gasteiger partial charge in [0.25, 0.3) is 5.91 Å². The van der Waals surface area contributed by atoms with Gasteiger partial charge in [-0.3, -0.25) is 14.5 Å². The Morgan fingerprint density at radius 3 is 2.63 bits per heavy atom. The van der Waals surface area contributed by atoms with E-state index in [0.717, 1.165) is 17.3 Å². The first-order valence-corrected chi connectivity index (χ1v) is 10.4. The molecule has 1 aromatic heterocycles. The highest BCUT2D eigenvalue weighted by atomic mass is 35.5. The number of H-pyrrole nitrogens is 1. The SMILES string of the molecule is COc1ccc2[nH]cc(C(=O)/C=C3\SC(=S)N(c4cc(Cl)c(O)c(Cl)c4)C3=O)c2c1. The van der Waals surface area contributed by atoms with Crippen molar-refractivity contribution in [1.29, 1.82) is 0 Å². The number of nitrogens with zero attached hydrogens (tertiary/aromatic N) is 1. The van der Waals surface area contributed by atoms with E-state index in [1.165, 1.54) is 23.1 Å². The number of hydrogen-bond donors (Lipinski definition) is 2. The van der Waals surface area contributed by atoms with E-state index >= 15 is 0 Å². The van der Waals surface area contributed by atoms with Crippen LogP contribution in [0.4, 0.5) is 5.69 Å². The average molecular weight is 479 g/mol. The number of amides is 1. The molecule has 6 nitrogen and oxygen atoms in total. The number of thioether (sulfide) groups is 1. The van der Waals surface area contributed by atoms with E-state index in [4.69, 9.17) is 40.2 Å². The van der Waals surface area contributed by atoms with Gasteiger partial charge in [-0.1, -0.05) is 47.2 Å². The minimum Gasteiger partial charge on any atom is -0.505 e. The summed E-state index contributed by atoms with van der Waals surface area (Å²) in [6.07, 6.45) is 2.84. The number of hydrogen-bond acceptors (Lipinski definition) is 6. The number of aromatic amines is 1. The quantitative estimate of drug-likeness (QED) is 0.300. The Morgan fingerprint density at radius 1 is 1.27 bits per heavy atom. The number of allylic oxidation sites excluding steroid dienone is 1. The normalized spacial score (nSPS) is 15.4. The van der Waals surface area contributed by atoms with Gasteiger partial charge in [-0.25, -0.2) is 0 Å². The van der Waals surface area contributed by atoms with Crippen molar-refractivity contribution >= 4 is 79.8 Å². The van der Waals surface area contributed by atoms with Crippen molar-refractivity contribution in [3.05, 3.63) is 63.1 Å². The number of methoxy groups -OCH3 is 1. The molecule has 1 aliphatic rings.